The Balaban J connectivity index is 1.77. The van der Waals surface area contributed by atoms with Crippen LogP contribution in [0.25, 0.3) is 0 Å². The molecule has 0 bridgehead atoms. The Morgan fingerprint density at radius 2 is 1.83 bits per heavy atom. The molecule has 1 aliphatic rings. The molecule has 9 heteroatoms. The minimum atomic E-state index is -3.72. The van der Waals surface area contributed by atoms with Crippen LogP contribution in [0.1, 0.15) is 19.3 Å². The molecule has 1 aliphatic heterocycles. The van der Waals surface area contributed by atoms with E-state index in [1.807, 2.05) is 6.26 Å². The Labute approximate surface area is 179 Å². The van der Waals surface area contributed by atoms with Crippen LogP contribution in [0.3, 0.4) is 0 Å². The van der Waals surface area contributed by atoms with E-state index in [0.717, 1.165) is 45.6 Å². The summed E-state index contributed by atoms with van der Waals surface area (Å²) < 4.78 is 27.7. The van der Waals surface area contributed by atoms with Crippen molar-refractivity contribution in [3.8, 4) is 0 Å². The fourth-order valence-electron chi connectivity index (χ4n) is 3.20. The number of benzene rings is 1. The van der Waals surface area contributed by atoms with Crippen molar-refractivity contribution in [3.63, 3.8) is 0 Å². The topological polar surface area (TPSA) is 81.7 Å². The van der Waals surface area contributed by atoms with Crippen LogP contribution in [-0.4, -0.2) is 88.5 Å². The summed E-state index contributed by atoms with van der Waals surface area (Å²) in [5.41, 5.74) is 0. The molecular formula is C20H34N4O3S2. The molecule has 29 heavy (non-hydrogen) atoms. The van der Waals surface area contributed by atoms with Crippen LogP contribution >= 0.6 is 11.8 Å². The Hall–Kier alpha value is -1.13. The molecule has 0 saturated carbocycles. The maximum atomic E-state index is 12.6. The summed E-state index contributed by atoms with van der Waals surface area (Å²) in [7, 11) is -1.57. The highest BCUT2D eigenvalue weighted by atomic mass is 32.2. The third-order valence-electron chi connectivity index (χ3n) is 5.07. The molecule has 164 valence electrons. The first-order chi connectivity index (χ1) is 13.9. The molecular weight excluding hydrogens is 408 g/mol. The lowest BCUT2D eigenvalue weighted by atomic mass is 10.2. The molecule has 0 spiro atoms. The normalized spacial score (nSPS) is 17.2. The number of nitrogens with zero attached hydrogens (tertiary/aromatic N) is 2. The number of piperazine rings is 1. The van der Waals surface area contributed by atoms with Crippen molar-refractivity contribution in [1.82, 2.24) is 19.8 Å². The average Bonchev–Trinajstić information content (AvgIpc) is 2.72. The smallest absolute Gasteiger partial charge is 0.241 e. The molecule has 0 aromatic heterocycles. The lowest BCUT2D eigenvalue weighted by molar-refractivity contribution is -0.122. The Kier molecular flexibility index (Phi) is 10.4. The number of sulfonamides is 1. The van der Waals surface area contributed by atoms with Crippen molar-refractivity contribution in [3.05, 3.63) is 30.3 Å². The van der Waals surface area contributed by atoms with Gasteiger partial charge in [-0.2, -0.15) is 16.5 Å². The SMILES string of the molecule is CSCCC(NS(=O)(=O)c1ccccc1)C(=O)NCCCCN1CCN(C)CC1. The minimum absolute atomic E-state index is 0.175. The van der Waals surface area contributed by atoms with E-state index in [1.165, 1.54) is 12.1 Å². The number of amides is 1. The van der Waals surface area contributed by atoms with Gasteiger partial charge in [-0.15, -0.1) is 0 Å². The maximum Gasteiger partial charge on any atom is 0.241 e. The van der Waals surface area contributed by atoms with Gasteiger partial charge in [0.25, 0.3) is 0 Å². The zero-order valence-electron chi connectivity index (χ0n) is 17.5. The first-order valence-electron chi connectivity index (χ1n) is 10.2. The summed E-state index contributed by atoms with van der Waals surface area (Å²) in [4.78, 5) is 17.6. The number of hydrogen-bond acceptors (Lipinski definition) is 6. The van der Waals surface area contributed by atoms with Crippen LogP contribution in [0.15, 0.2) is 35.2 Å². The zero-order valence-corrected chi connectivity index (χ0v) is 19.1. The number of nitrogens with one attached hydrogen (secondary N) is 2. The molecule has 1 fully saturated rings. The first-order valence-corrected chi connectivity index (χ1v) is 13.0. The lowest BCUT2D eigenvalue weighted by Crippen LogP contribution is -2.47. The molecule has 1 aromatic carbocycles. The zero-order chi connectivity index (χ0) is 21.1. The van der Waals surface area contributed by atoms with Crippen molar-refractivity contribution >= 4 is 27.7 Å². The minimum Gasteiger partial charge on any atom is -0.355 e. The summed E-state index contributed by atoms with van der Waals surface area (Å²) in [5, 5.41) is 2.91. The number of carbonyl (C=O) groups excluding carboxylic acids is 1. The number of carbonyl (C=O) groups is 1. The quantitative estimate of drug-likeness (QED) is 0.474. The van der Waals surface area contributed by atoms with Gasteiger partial charge in [0, 0.05) is 32.7 Å². The predicted octanol–water partition coefficient (Wildman–Crippen LogP) is 1.23. The fourth-order valence-corrected chi connectivity index (χ4v) is 4.92. The van der Waals surface area contributed by atoms with E-state index in [1.54, 1.807) is 30.0 Å². The van der Waals surface area contributed by atoms with Gasteiger partial charge in [0.15, 0.2) is 0 Å². The second kappa shape index (κ2) is 12.5. The van der Waals surface area contributed by atoms with E-state index in [4.69, 9.17) is 0 Å². The predicted molar refractivity (Wildman–Crippen MR) is 120 cm³/mol. The Morgan fingerprint density at radius 3 is 2.48 bits per heavy atom. The second-order valence-electron chi connectivity index (χ2n) is 7.41. The standard InChI is InChI=1S/C20H34N4O3S2/c1-23-13-15-24(16-14-23)12-7-6-11-21-20(25)19(10-17-28-2)22-29(26,27)18-8-4-3-5-9-18/h3-5,8-9,19,22H,6-7,10-17H2,1-2H3,(H,21,25). The molecule has 1 atom stereocenters. The second-order valence-corrected chi connectivity index (χ2v) is 10.1. The van der Waals surface area contributed by atoms with Crippen molar-refractivity contribution in [1.29, 1.82) is 0 Å². The van der Waals surface area contributed by atoms with Crippen LogP contribution in [0, 0.1) is 0 Å². The van der Waals surface area contributed by atoms with E-state index in [9.17, 15) is 13.2 Å². The summed E-state index contributed by atoms with van der Waals surface area (Å²) >= 11 is 1.59. The Bertz CT molecular complexity index is 708. The molecule has 1 unspecified atom stereocenters. The molecule has 2 N–H and O–H groups in total. The van der Waals surface area contributed by atoms with Crippen molar-refractivity contribution in [2.24, 2.45) is 0 Å². The molecule has 1 heterocycles. The van der Waals surface area contributed by atoms with Crippen LogP contribution in [0.4, 0.5) is 0 Å². The van der Waals surface area contributed by atoms with E-state index in [-0.39, 0.29) is 10.8 Å². The van der Waals surface area contributed by atoms with Crippen molar-refractivity contribution < 1.29 is 13.2 Å². The van der Waals surface area contributed by atoms with Gasteiger partial charge in [-0.05, 0) is 57.0 Å². The van der Waals surface area contributed by atoms with Gasteiger partial charge < -0.3 is 15.1 Å². The lowest BCUT2D eigenvalue weighted by Gasteiger charge is -2.32. The van der Waals surface area contributed by atoms with Gasteiger partial charge in [0.05, 0.1) is 4.90 Å². The van der Waals surface area contributed by atoms with Gasteiger partial charge in [-0.25, -0.2) is 8.42 Å². The highest BCUT2D eigenvalue weighted by molar-refractivity contribution is 7.98. The molecule has 1 amide bonds. The number of rotatable bonds is 12. The van der Waals surface area contributed by atoms with Crippen LogP contribution in [0.5, 0.6) is 0 Å². The van der Waals surface area contributed by atoms with E-state index >= 15 is 0 Å². The molecule has 1 aromatic rings. The van der Waals surface area contributed by atoms with Crippen molar-refractivity contribution in [2.45, 2.75) is 30.2 Å². The first kappa shape index (κ1) is 24.1. The summed E-state index contributed by atoms with van der Waals surface area (Å²) in [5.74, 6) is 0.455. The molecule has 0 aliphatic carbocycles. The number of thioether (sulfide) groups is 1. The average molecular weight is 443 g/mol. The molecule has 1 saturated heterocycles. The molecule has 2 rings (SSSR count). The summed E-state index contributed by atoms with van der Waals surface area (Å²) in [6, 6.07) is 7.41. The van der Waals surface area contributed by atoms with Crippen molar-refractivity contribution in [2.75, 3.05) is 58.3 Å². The van der Waals surface area contributed by atoms with Crippen LogP contribution < -0.4 is 10.0 Å². The fraction of sp³-hybridized carbons (Fsp3) is 0.650. The monoisotopic (exact) mass is 442 g/mol. The molecule has 0 radical (unpaired) electrons. The molecule has 7 nitrogen and oxygen atoms in total. The number of unbranched alkanes of at least 4 members (excludes halogenated alkanes) is 1. The van der Waals surface area contributed by atoms with E-state index in [2.05, 4.69) is 26.9 Å². The van der Waals surface area contributed by atoms with E-state index < -0.39 is 16.1 Å². The van der Waals surface area contributed by atoms with Gasteiger partial charge in [0.1, 0.15) is 6.04 Å². The van der Waals surface area contributed by atoms with Crippen LogP contribution in [0.2, 0.25) is 0 Å². The highest BCUT2D eigenvalue weighted by Crippen LogP contribution is 2.10. The maximum absolute atomic E-state index is 12.6. The third-order valence-corrected chi connectivity index (χ3v) is 7.21. The number of likely N-dealkylation sites (N-methyl/N-ethyl adjacent to an activating group) is 1. The number of hydrogen-bond donors (Lipinski definition) is 2. The van der Waals surface area contributed by atoms with Crippen LogP contribution in [-0.2, 0) is 14.8 Å². The van der Waals surface area contributed by atoms with E-state index in [0.29, 0.717) is 18.7 Å². The van der Waals surface area contributed by atoms with Gasteiger partial charge in [0.2, 0.25) is 15.9 Å². The Morgan fingerprint density at radius 1 is 1.14 bits per heavy atom. The van der Waals surface area contributed by atoms with Gasteiger partial charge in [-0.3, -0.25) is 4.79 Å². The highest BCUT2D eigenvalue weighted by Gasteiger charge is 2.25. The summed E-state index contributed by atoms with van der Waals surface area (Å²) in [6.07, 6.45) is 4.31. The largest absolute Gasteiger partial charge is 0.355 e. The van der Waals surface area contributed by atoms with Gasteiger partial charge >= 0.3 is 0 Å². The van der Waals surface area contributed by atoms with Gasteiger partial charge in [-0.1, -0.05) is 18.2 Å². The summed E-state index contributed by atoms with van der Waals surface area (Å²) in [6.45, 7) is 6.02. The third kappa shape index (κ3) is 8.64.